The quantitative estimate of drug-likeness (QED) is 0.524. The molecule has 0 aliphatic carbocycles. The summed E-state index contributed by atoms with van der Waals surface area (Å²) >= 11 is 0. The van der Waals surface area contributed by atoms with Crippen molar-refractivity contribution in [2.45, 2.75) is 4.90 Å². The van der Waals surface area contributed by atoms with Gasteiger partial charge in [0.1, 0.15) is 22.7 Å². The number of hydrogen-bond acceptors (Lipinski definition) is 6. The van der Waals surface area contributed by atoms with Gasteiger partial charge in [0.25, 0.3) is 10.0 Å². The van der Waals surface area contributed by atoms with Gasteiger partial charge in [-0.05, 0) is 47.5 Å². The molecule has 29 heavy (non-hydrogen) atoms. The van der Waals surface area contributed by atoms with Gasteiger partial charge in [-0.15, -0.1) is 10.2 Å². The van der Waals surface area contributed by atoms with Crippen molar-refractivity contribution in [2.75, 3.05) is 18.9 Å². The first kappa shape index (κ1) is 18.8. The second-order valence-corrected chi connectivity index (χ2v) is 7.87. The van der Waals surface area contributed by atoms with Crippen LogP contribution in [0.4, 0.5) is 5.69 Å². The van der Waals surface area contributed by atoms with E-state index < -0.39 is 10.0 Å². The number of fused-ring (bicyclic) bond motifs is 1. The van der Waals surface area contributed by atoms with Crippen LogP contribution in [0.5, 0.6) is 11.5 Å². The number of ether oxygens (including phenoxy) is 2. The first-order valence-corrected chi connectivity index (χ1v) is 10.1. The van der Waals surface area contributed by atoms with E-state index in [9.17, 15) is 8.42 Å². The number of pyridine rings is 1. The van der Waals surface area contributed by atoms with E-state index in [0.717, 1.165) is 16.8 Å². The number of sulfonamides is 1. The Morgan fingerprint density at radius 1 is 0.966 bits per heavy atom. The van der Waals surface area contributed by atoms with E-state index in [1.54, 1.807) is 41.1 Å². The van der Waals surface area contributed by atoms with Gasteiger partial charge in [-0.2, -0.15) is 0 Å². The minimum absolute atomic E-state index is 0.00402. The highest BCUT2D eigenvalue weighted by atomic mass is 32.2. The number of methoxy groups -OCH3 is 2. The molecule has 148 valence electrons. The van der Waals surface area contributed by atoms with Gasteiger partial charge in [0.2, 0.25) is 0 Å². The zero-order valence-electron chi connectivity index (χ0n) is 15.7. The number of benzene rings is 2. The van der Waals surface area contributed by atoms with Crippen molar-refractivity contribution < 1.29 is 17.9 Å². The molecule has 4 rings (SSSR count). The predicted molar refractivity (Wildman–Crippen MR) is 109 cm³/mol. The lowest BCUT2D eigenvalue weighted by atomic mass is 10.1. The molecule has 0 atom stereocenters. The van der Waals surface area contributed by atoms with E-state index >= 15 is 0 Å². The van der Waals surface area contributed by atoms with E-state index in [2.05, 4.69) is 14.9 Å². The molecule has 0 radical (unpaired) electrons. The molecule has 1 N–H and O–H groups in total. The summed E-state index contributed by atoms with van der Waals surface area (Å²) in [7, 11) is -1.00. The minimum Gasteiger partial charge on any atom is -0.497 e. The molecule has 8 nitrogen and oxygen atoms in total. The Balaban J connectivity index is 1.68. The monoisotopic (exact) mass is 410 g/mol. The molecule has 2 heterocycles. The fourth-order valence-corrected chi connectivity index (χ4v) is 4.20. The maximum absolute atomic E-state index is 13.0. The molecular weight excluding hydrogens is 392 g/mol. The normalized spacial score (nSPS) is 11.4. The molecule has 9 heteroatoms. The molecule has 0 saturated heterocycles. The average molecular weight is 410 g/mol. The van der Waals surface area contributed by atoms with Gasteiger partial charge in [0.15, 0.2) is 5.65 Å². The molecule has 2 aromatic carbocycles. The largest absolute Gasteiger partial charge is 0.497 e. The molecule has 0 unspecified atom stereocenters. The number of hydrogen-bond donors (Lipinski definition) is 1. The molecule has 0 aliphatic heterocycles. The summed E-state index contributed by atoms with van der Waals surface area (Å²) in [6, 6.07) is 15.5. The van der Waals surface area contributed by atoms with Crippen LogP contribution < -0.4 is 14.2 Å². The van der Waals surface area contributed by atoms with Crippen LogP contribution in [-0.2, 0) is 10.0 Å². The minimum atomic E-state index is -3.89. The zero-order chi connectivity index (χ0) is 20.4. The molecule has 0 saturated carbocycles. The Bertz CT molecular complexity index is 1280. The number of nitrogens with one attached hydrogen (secondary N) is 1. The maximum atomic E-state index is 13.0. The first-order valence-electron chi connectivity index (χ1n) is 8.65. The number of anilines is 1. The van der Waals surface area contributed by atoms with E-state index in [1.807, 2.05) is 24.4 Å². The topological polar surface area (TPSA) is 94.8 Å². The zero-order valence-corrected chi connectivity index (χ0v) is 16.6. The van der Waals surface area contributed by atoms with Crippen LogP contribution in [0, 0.1) is 0 Å². The predicted octanol–water partition coefficient (Wildman–Crippen LogP) is 3.21. The highest BCUT2D eigenvalue weighted by molar-refractivity contribution is 7.92. The standard InChI is InChI=1S/C20H18N4O4S/c1-27-17-7-8-18(28-2)19(11-17)29(25,26)23-16-5-3-4-14(10-16)15-6-9-20-22-21-13-24(20)12-15/h3-13,23H,1-2H3. The molecule has 2 aromatic heterocycles. The average Bonchev–Trinajstić information content (AvgIpc) is 3.21. The Hall–Kier alpha value is -3.59. The smallest absolute Gasteiger partial charge is 0.265 e. The van der Waals surface area contributed by atoms with Gasteiger partial charge in [-0.3, -0.25) is 9.12 Å². The number of rotatable bonds is 6. The third-order valence-electron chi connectivity index (χ3n) is 4.40. The first-order chi connectivity index (χ1) is 14.0. The van der Waals surface area contributed by atoms with Crippen LogP contribution in [0.2, 0.25) is 0 Å². The van der Waals surface area contributed by atoms with Gasteiger partial charge >= 0.3 is 0 Å². The fourth-order valence-electron chi connectivity index (χ4n) is 2.96. The van der Waals surface area contributed by atoms with Gasteiger partial charge in [0, 0.05) is 18.0 Å². The Morgan fingerprint density at radius 3 is 2.62 bits per heavy atom. The van der Waals surface area contributed by atoms with Crippen LogP contribution in [-0.4, -0.2) is 37.2 Å². The van der Waals surface area contributed by atoms with Crippen molar-refractivity contribution in [1.82, 2.24) is 14.6 Å². The number of aromatic nitrogens is 3. The van der Waals surface area contributed by atoms with Gasteiger partial charge in [-0.1, -0.05) is 12.1 Å². The SMILES string of the molecule is COc1ccc(OC)c(S(=O)(=O)Nc2cccc(-c3ccc4nncn4c3)c2)c1. The third-order valence-corrected chi connectivity index (χ3v) is 5.80. The second kappa shape index (κ2) is 7.44. The Morgan fingerprint density at radius 2 is 1.83 bits per heavy atom. The number of nitrogens with zero attached hydrogens (tertiary/aromatic N) is 3. The summed E-state index contributed by atoms with van der Waals surface area (Å²) in [6.45, 7) is 0. The van der Waals surface area contributed by atoms with Crippen LogP contribution >= 0.6 is 0 Å². The molecule has 0 aliphatic rings. The lowest BCUT2D eigenvalue weighted by molar-refractivity contribution is 0.392. The Labute approximate surface area is 167 Å². The van der Waals surface area contributed by atoms with Crippen molar-refractivity contribution in [1.29, 1.82) is 0 Å². The third kappa shape index (κ3) is 3.72. The van der Waals surface area contributed by atoms with Crippen molar-refractivity contribution in [2.24, 2.45) is 0 Å². The van der Waals surface area contributed by atoms with Crippen LogP contribution in [0.3, 0.4) is 0 Å². The lowest BCUT2D eigenvalue weighted by Crippen LogP contribution is -2.14. The van der Waals surface area contributed by atoms with Crippen molar-refractivity contribution in [3.8, 4) is 22.6 Å². The van der Waals surface area contributed by atoms with E-state index in [0.29, 0.717) is 11.4 Å². The van der Waals surface area contributed by atoms with Crippen LogP contribution in [0.15, 0.2) is 72.0 Å². The van der Waals surface area contributed by atoms with Crippen molar-refractivity contribution >= 4 is 21.4 Å². The maximum Gasteiger partial charge on any atom is 0.265 e. The summed E-state index contributed by atoms with van der Waals surface area (Å²) in [4.78, 5) is -0.00402. The molecule has 0 spiro atoms. The summed E-state index contributed by atoms with van der Waals surface area (Å²) < 4.78 is 40.7. The second-order valence-electron chi connectivity index (χ2n) is 6.22. The molecule has 0 fully saturated rings. The van der Waals surface area contributed by atoms with E-state index in [1.165, 1.54) is 20.3 Å². The molecule has 0 amide bonds. The highest BCUT2D eigenvalue weighted by Crippen LogP contribution is 2.30. The van der Waals surface area contributed by atoms with Crippen LogP contribution in [0.1, 0.15) is 0 Å². The van der Waals surface area contributed by atoms with E-state index in [-0.39, 0.29) is 10.6 Å². The van der Waals surface area contributed by atoms with Gasteiger partial charge < -0.3 is 9.47 Å². The molecule has 4 aromatic rings. The molecule has 0 bridgehead atoms. The van der Waals surface area contributed by atoms with E-state index in [4.69, 9.17) is 9.47 Å². The van der Waals surface area contributed by atoms with Crippen molar-refractivity contribution in [3.63, 3.8) is 0 Å². The molecular formula is C20H18N4O4S. The Kier molecular flexibility index (Phi) is 4.81. The highest BCUT2D eigenvalue weighted by Gasteiger charge is 2.21. The summed E-state index contributed by atoms with van der Waals surface area (Å²) in [5.41, 5.74) is 2.91. The fraction of sp³-hybridized carbons (Fsp3) is 0.100. The summed E-state index contributed by atoms with van der Waals surface area (Å²) in [5.74, 6) is 0.648. The summed E-state index contributed by atoms with van der Waals surface area (Å²) in [5, 5.41) is 7.85. The van der Waals surface area contributed by atoms with Gasteiger partial charge in [0.05, 0.1) is 14.2 Å². The van der Waals surface area contributed by atoms with Gasteiger partial charge in [-0.25, -0.2) is 8.42 Å². The van der Waals surface area contributed by atoms with Crippen molar-refractivity contribution in [3.05, 3.63) is 67.1 Å². The summed E-state index contributed by atoms with van der Waals surface area (Å²) in [6.07, 6.45) is 3.49. The van der Waals surface area contributed by atoms with Crippen LogP contribution in [0.25, 0.3) is 16.8 Å². The lowest BCUT2D eigenvalue weighted by Gasteiger charge is -2.13.